The van der Waals surface area contributed by atoms with Crippen LogP contribution >= 0.6 is 0 Å². The van der Waals surface area contributed by atoms with Gasteiger partial charge in [0.15, 0.2) is 0 Å². The Balaban J connectivity index is 1.68. The zero-order valence-corrected chi connectivity index (χ0v) is 18.1. The maximum absolute atomic E-state index is 13.0. The van der Waals surface area contributed by atoms with Crippen LogP contribution in [0.5, 0.6) is 0 Å². The predicted octanol–water partition coefficient (Wildman–Crippen LogP) is 4.57. The average molecular weight is 408 g/mol. The molecule has 1 heterocycles. The van der Waals surface area contributed by atoms with Crippen molar-refractivity contribution in [2.45, 2.75) is 52.1 Å². The van der Waals surface area contributed by atoms with E-state index in [9.17, 15) is 9.59 Å². The summed E-state index contributed by atoms with van der Waals surface area (Å²) in [6.45, 7) is 5.79. The summed E-state index contributed by atoms with van der Waals surface area (Å²) in [5, 5.41) is 6.09. The van der Waals surface area contributed by atoms with E-state index in [1.54, 1.807) is 0 Å². The van der Waals surface area contributed by atoms with Gasteiger partial charge in [-0.25, -0.2) is 4.79 Å². The van der Waals surface area contributed by atoms with E-state index < -0.39 is 0 Å². The molecule has 0 saturated carbocycles. The number of urea groups is 1. The van der Waals surface area contributed by atoms with E-state index in [1.165, 1.54) is 5.56 Å². The third-order valence-electron chi connectivity index (χ3n) is 5.76. The number of carbonyl (C=O) groups excluding carboxylic acids is 2. The number of nitrogens with zero attached hydrogens (tertiary/aromatic N) is 1. The van der Waals surface area contributed by atoms with Crippen molar-refractivity contribution in [3.63, 3.8) is 0 Å². The molecule has 0 aromatic heterocycles. The van der Waals surface area contributed by atoms with E-state index in [-0.39, 0.29) is 23.9 Å². The van der Waals surface area contributed by atoms with Gasteiger partial charge >= 0.3 is 6.03 Å². The smallest absolute Gasteiger partial charge is 0.317 e. The van der Waals surface area contributed by atoms with Crippen LogP contribution in [0.4, 0.5) is 4.79 Å². The topological polar surface area (TPSA) is 61.4 Å². The van der Waals surface area contributed by atoms with Gasteiger partial charge in [0.2, 0.25) is 5.91 Å². The molecule has 160 valence electrons. The summed E-state index contributed by atoms with van der Waals surface area (Å²) in [6, 6.07) is 18.2. The number of benzene rings is 2. The van der Waals surface area contributed by atoms with Gasteiger partial charge < -0.3 is 15.5 Å². The van der Waals surface area contributed by atoms with Gasteiger partial charge in [-0.05, 0) is 37.3 Å². The summed E-state index contributed by atoms with van der Waals surface area (Å²) in [6.07, 6.45) is 3.55. The highest BCUT2D eigenvalue weighted by atomic mass is 16.2. The molecule has 1 fully saturated rings. The number of aryl methyl sites for hydroxylation is 1. The predicted molar refractivity (Wildman–Crippen MR) is 120 cm³/mol. The Morgan fingerprint density at radius 3 is 2.57 bits per heavy atom. The maximum Gasteiger partial charge on any atom is 0.317 e. The maximum atomic E-state index is 13.0. The molecule has 3 amide bonds. The van der Waals surface area contributed by atoms with Gasteiger partial charge in [0.05, 0.1) is 12.0 Å². The molecule has 1 aliphatic rings. The van der Waals surface area contributed by atoms with Crippen LogP contribution < -0.4 is 10.6 Å². The highest BCUT2D eigenvalue weighted by molar-refractivity contribution is 5.81. The van der Waals surface area contributed by atoms with Gasteiger partial charge in [-0.3, -0.25) is 4.79 Å². The first-order chi connectivity index (χ1) is 14.6. The molecule has 2 aromatic carbocycles. The number of hydrogen-bond acceptors (Lipinski definition) is 2. The molecule has 0 bridgehead atoms. The van der Waals surface area contributed by atoms with Crippen LogP contribution in [0.3, 0.4) is 0 Å². The van der Waals surface area contributed by atoms with Crippen molar-refractivity contribution < 1.29 is 9.59 Å². The molecule has 30 heavy (non-hydrogen) atoms. The zero-order valence-electron chi connectivity index (χ0n) is 18.1. The Morgan fingerprint density at radius 2 is 1.83 bits per heavy atom. The SMILES string of the molecule is CCCCNC(=O)N1C[C@H](C(=O)NCc2ccccc2)CC[C@H]1c1cccc(C)c1. The van der Waals surface area contributed by atoms with Crippen LogP contribution in [0.2, 0.25) is 0 Å². The van der Waals surface area contributed by atoms with E-state index in [4.69, 9.17) is 0 Å². The fraction of sp³-hybridized carbons (Fsp3) is 0.440. The minimum atomic E-state index is -0.188. The van der Waals surface area contributed by atoms with Gasteiger partial charge in [-0.2, -0.15) is 0 Å². The van der Waals surface area contributed by atoms with Gasteiger partial charge in [-0.15, -0.1) is 0 Å². The Hall–Kier alpha value is -2.82. The molecule has 1 aliphatic heterocycles. The second-order valence-corrected chi connectivity index (χ2v) is 8.15. The largest absolute Gasteiger partial charge is 0.352 e. The zero-order chi connectivity index (χ0) is 21.3. The van der Waals surface area contributed by atoms with Crippen LogP contribution in [-0.4, -0.2) is 29.9 Å². The second kappa shape index (κ2) is 10.8. The summed E-state index contributed by atoms with van der Waals surface area (Å²) in [5.74, 6) is -0.167. The van der Waals surface area contributed by atoms with Gasteiger partial charge in [-0.1, -0.05) is 73.5 Å². The first kappa shape index (κ1) is 21.9. The third kappa shape index (κ3) is 5.85. The molecule has 0 unspecified atom stereocenters. The van der Waals surface area contributed by atoms with Crippen molar-refractivity contribution in [3.05, 3.63) is 71.3 Å². The van der Waals surface area contributed by atoms with E-state index in [0.717, 1.165) is 36.8 Å². The number of piperidine rings is 1. The Labute approximate surface area is 179 Å². The Morgan fingerprint density at radius 1 is 1.03 bits per heavy atom. The summed E-state index contributed by atoms with van der Waals surface area (Å²) in [5.41, 5.74) is 3.40. The van der Waals surface area contributed by atoms with Crippen molar-refractivity contribution >= 4 is 11.9 Å². The van der Waals surface area contributed by atoms with Crippen LogP contribution in [0, 0.1) is 12.8 Å². The first-order valence-electron chi connectivity index (χ1n) is 11.0. The number of likely N-dealkylation sites (tertiary alicyclic amines) is 1. The second-order valence-electron chi connectivity index (χ2n) is 8.15. The molecule has 3 rings (SSSR count). The number of nitrogens with one attached hydrogen (secondary N) is 2. The van der Waals surface area contributed by atoms with Crippen molar-refractivity contribution in [2.24, 2.45) is 5.92 Å². The number of amides is 3. The molecular weight excluding hydrogens is 374 g/mol. The quantitative estimate of drug-likeness (QED) is 0.660. The molecule has 0 spiro atoms. The monoisotopic (exact) mass is 407 g/mol. The number of hydrogen-bond donors (Lipinski definition) is 2. The molecule has 0 radical (unpaired) electrons. The van der Waals surface area contributed by atoms with E-state index in [1.807, 2.05) is 41.3 Å². The molecule has 2 aromatic rings. The van der Waals surface area contributed by atoms with Crippen molar-refractivity contribution in [2.75, 3.05) is 13.1 Å². The van der Waals surface area contributed by atoms with Crippen LogP contribution in [0.15, 0.2) is 54.6 Å². The van der Waals surface area contributed by atoms with E-state index in [2.05, 4.69) is 42.7 Å². The van der Waals surface area contributed by atoms with Crippen molar-refractivity contribution in [1.29, 1.82) is 0 Å². The van der Waals surface area contributed by atoms with Crippen molar-refractivity contribution in [1.82, 2.24) is 15.5 Å². The Kier molecular flexibility index (Phi) is 7.89. The number of carbonyl (C=O) groups is 2. The number of rotatable bonds is 7. The van der Waals surface area contributed by atoms with Crippen LogP contribution in [0.25, 0.3) is 0 Å². The third-order valence-corrected chi connectivity index (χ3v) is 5.76. The molecule has 1 saturated heterocycles. The fourth-order valence-electron chi connectivity index (χ4n) is 4.04. The number of unbranched alkanes of at least 4 members (excludes halogenated alkanes) is 1. The van der Waals surface area contributed by atoms with E-state index >= 15 is 0 Å². The van der Waals surface area contributed by atoms with Gasteiger partial charge in [0.1, 0.15) is 0 Å². The van der Waals surface area contributed by atoms with E-state index in [0.29, 0.717) is 19.6 Å². The molecule has 0 aliphatic carbocycles. The summed E-state index contributed by atoms with van der Waals surface area (Å²) >= 11 is 0. The van der Waals surface area contributed by atoms with Gasteiger partial charge in [0, 0.05) is 19.6 Å². The lowest BCUT2D eigenvalue weighted by atomic mass is 9.88. The minimum absolute atomic E-state index is 0.00435. The molecule has 5 nitrogen and oxygen atoms in total. The molecule has 2 N–H and O–H groups in total. The molecule has 2 atom stereocenters. The fourth-order valence-corrected chi connectivity index (χ4v) is 4.04. The van der Waals surface area contributed by atoms with Crippen LogP contribution in [0.1, 0.15) is 55.3 Å². The lowest BCUT2D eigenvalue weighted by Gasteiger charge is -2.39. The lowest BCUT2D eigenvalue weighted by molar-refractivity contribution is -0.126. The summed E-state index contributed by atoms with van der Waals surface area (Å²) < 4.78 is 0. The van der Waals surface area contributed by atoms with Crippen LogP contribution in [-0.2, 0) is 11.3 Å². The average Bonchev–Trinajstić information content (AvgIpc) is 2.78. The summed E-state index contributed by atoms with van der Waals surface area (Å²) in [4.78, 5) is 27.7. The lowest BCUT2D eigenvalue weighted by Crippen LogP contribution is -2.50. The molecule has 5 heteroatoms. The standard InChI is InChI=1S/C25H33N3O2/c1-3-4-15-26-25(30)28-18-22(24(29)27-17-20-10-6-5-7-11-20)13-14-23(28)21-12-8-9-19(2)16-21/h5-12,16,22-23H,3-4,13-15,17-18H2,1-2H3,(H,26,30)(H,27,29)/t22-,23+/m1/s1. The van der Waals surface area contributed by atoms with Gasteiger partial charge in [0.25, 0.3) is 0 Å². The minimum Gasteiger partial charge on any atom is -0.352 e. The first-order valence-corrected chi connectivity index (χ1v) is 11.0. The van der Waals surface area contributed by atoms with Crippen molar-refractivity contribution in [3.8, 4) is 0 Å². The normalized spacial score (nSPS) is 18.7. The highest BCUT2D eigenvalue weighted by Crippen LogP contribution is 2.34. The molecular formula is C25H33N3O2. The summed E-state index contributed by atoms with van der Waals surface area (Å²) in [7, 11) is 0. The Bertz CT molecular complexity index is 837. The highest BCUT2D eigenvalue weighted by Gasteiger charge is 2.35.